The molecule has 0 spiro atoms. The van der Waals surface area contributed by atoms with Crippen molar-refractivity contribution >= 4 is 5.91 Å². The summed E-state index contributed by atoms with van der Waals surface area (Å²) in [4.78, 5) is 43.2. The number of carbonyl (C=O) groups is 1. The Labute approximate surface area is 185 Å². The summed E-state index contributed by atoms with van der Waals surface area (Å²) >= 11 is 0. The van der Waals surface area contributed by atoms with E-state index in [1.165, 1.54) is 5.56 Å². The van der Waals surface area contributed by atoms with Crippen LogP contribution in [0.25, 0.3) is 11.4 Å². The largest absolute Gasteiger partial charge is 0.355 e. The van der Waals surface area contributed by atoms with Crippen LogP contribution >= 0.6 is 0 Å². The number of amides is 1. The van der Waals surface area contributed by atoms with Crippen molar-refractivity contribution < 1.29 is 9.32 Å². The summed E-state index contributed by atoms with van der Waals surface area (Å²) in [6.45, 7) is 2.27. The maximum atomic E-state index is 13.3. The van der Waals surface area contributed by atoms with Gasteiger partial charge in [-0.15, -0.1) is 0 Å². The first-order valence-corrected chi connectivity index (χ1v) is 11.0. The lowest BCUT2D eigenvalue weighted by atomic mass is 10.1. The molecule has 9 heteroatoms. The molecule has 3 aromatic rings. The van der Waals surface area contributed by atoms with E-state index in [4.69, 9.17) is 4.52 Å². The molecular formula is C23H27N5O4. The first-order valence-electron chi connectivity index (χ1n) is 11.0. The molecule has 168 valence electrons. The van der Waals surface area contributed by atoms with E-state index in [2.05, 4.69) is 15.5 Å². The van der Waals surface area contributed by atoms with Crippen molar-refractivity contribution in [2.75, 3.05) is 6.54 Å². The lowest BCUT2D eigenvalue weighted by Gasteiger charge is -2.16. The highest BCUT2D eigenvalue weighted by Crippen LogP contribution is 2.21. The molecule has 32 heavy (non-hydrogen) atoms. The van der Waals surface area contributed by atoms with Gasteiger partial charge in [0.2, 0.25) is 17.6 Å². The van der Waals surface area contributed by atoms with Crippen molar-refractivity contribution in [3.8, 4) is 11.4 Å². The van der Waals surface area contributed by atoms with Crippen molar-refractivity contribution in [2.45, 2.75) is 58.5 Å². The second-order valence-electron chi connectivity index (χ2n) is 8.03. The molecule has 1 aliphatic rings. The van der Waals surface area contributed by atoms with Gasteiger partial charge < -0.3 is 9.84 Å². The average Bonchev–Trinajstić information content (AvgIpc) is 3.06. The van der Waals surface area contributed by atoms with Gasteiger partial charge in [-0.05, 0) is 37.7 Å². The van der Waals surface area contributed by atoms with Gasteiger partial charge in [-0.25, -0.2) is 4.79 Å². The SMILES string of the molecule is Cc1nc(-c2c3n(c(=O)n(CC(=O)NCCCc4ccccc4)c2=O)CCCCC3)no1. The average molecular weight is 438 g/mol. The minimum atomic E-state index is -0.552. The molecule has 0 aliphatic carbocycles. The highest BCUT2D eigenvalue weighted by Gasteiger charge is 2.25. The lowest BCUT2D eigenvalue weighted by molar-refractivity contribution is -0.121. The van der Waals surface area contributed by atoms with Crippen LogP contribution in [0.4, 0.5) is 0 Å². The molecule has 0 saturated carbocycles. The van der Waals surface area contributed by atoms with Gasteiger partial charge in [-0.2, -0.15) is 4.98 Å². The predicted molar refractivity (Wildman–Crippen MR) is 118 cm³/mol. The third-order valence-electron chi connectivity index (χ3n) is 5.69. The normalized spacial score (nSPS) is 13.4. The van der Waals surface area contributed by atoms with Crippen LogP contribution in [0.15, 0.2) is 44.4 Å². The second-order valence-corrected chi connectivity index (χ2v) is 8.03. The van der Waals surface area contributed by atoms with Crippen LogP contribution in [0.5, 0.6) is 0 Å². The maximum Gasteiger partial charge on any atom is 0.331 e. The predicted octanol–water partition coefficient (Wildman–Crippen LogP) is 1.84. The summed E-state index contributed by atoms with van der Waals surface area (Å²) in [5.74, 6) is 0.123. The Morgan fingerprint density at radius 1 is 1.16 bits per heavy atom. The van der Waals surface area contributed by atoms with Gasteiger partial charge in [0.25, 0.3) is 5.56 Å². The van der Waals surface area contributed by atoms with Gasteiger partial charge in [0.15, 0.2) is 0 Å². The van der Waals surface area contributed by atoms with Crippen LogP contribution in [-0.4, -0.2) is 31.7 Å². The van der Waals surface area contributed by atoms with E-state index >= 15 is 0 Å². The molecule has 0 unspecified atom stereocenters. The molecule has 2 aromatic heterocycles. The Hall–Kier alpha value is -3.49. The first-order chi connectivity index (χ1) is 15.5. The van der Waals surface area contributed by atoms with Crippen LogP contribution in [-0.2, 0) is 30.7 Å². The molecule has 0 bridgehead atoms. The minimum absolute atomic E-state index is 0.162. The lowest BCUT2D eigenvalue weighted by Crippen LogP contribution is -2.45. The number of carbonyl (C=O) groups excluding carboxylic acids is 1. The van der Waals surface area contributed by atoms with Gasteiger partial charge in [-0.3, -0.25) is 18.7 Å². The van der Waals surface area contributed by atoms with Crippen LogP contribution in [0, 0.1) is 6.92 Å². The molecule has 0 atom stereocenters. The van der Waals surface area contributed by atoms with Crippen LogP contribution in [0.3, 0.4) is 0 Å². The maximum absolute atomic E-state index is 13.3. The molecular weight excluding hydrogens is 410 g/mol. The fourth-order valence-corrected chi connectivity index (χ4v) is 4.10. The molecule has 3 heterocycles. The number of nitrogens with zero attached hydrogens (tertiary/aromatic N) is 4. The topological polar surface area (TPSA) is 112 Å². The van der Waals surface area contributed by atoms with Gasteiger partial charge in [0, 0.05) is 25.7 Å². The Bertz CT molecular complexity index is 1210. The molecule has 0 radical (unpaired) electrons. The van der Waals surface area contributed by atoms with Crippen molar-refractivity contribution in [1.29, 1.82) is 0 Å². The standard InChI is InChI=1S/C23H27N5O4/c1-16-25-21(26-32-16)20-18-12-6-3-7-14-27(18)23(31)28(22(20)30)15-19(29)24-13-8-11-17-9-4-2-5-10-17/h2,4-5,9-10H,3,6-8,11-15H2,1H3,(H,24,29). The van der Waals surface area contributed by atoms with Crippen molar-refractivity contribution in [3.05, 3.63) is 68.3 Å². The first kappa shape index (κ1) is 21.7. The van der Waals surface area contributed by atoms with Crippen molar-refractivity contribution in [2.24, 2.45) is 0 Å². The number of aromatic nitrogens is 4. The summed E-state index contributed by atoms with van der Waals surface area (Å²) in [6, 6.07) is 10.0. The molecule has 9 nitrogen and oxygen atoms in total. The zero-order valence-corrected chi connectivity index (χ0v) is 18.2. The minimum Gasteiger partial charge on any atom is -0.355 e. The Kier molecular flexibility index (Phi) is 6.63. The van der Waals surface area contributed by atoms with Crippen molar-refractivity contribution in [3.63, 3.8) is 0 Å². The van der Waals surface area contributed by atoms with Crippen LogP contribution in [0.1, 0.15) is 42.8 Å². The molecule has 1 aliphatic heterocycles. The number of nitrogens with one attached hydrogen (secondary N) is 1. The van der Waals surface area contributed by atoms with Gasteiger partial charge in [-0.1, -0.05) is 41.9 Å². The van der Waals surface area contributed by atoms with Crippen LogP contribution < -0.4 is 16.6 Å². The highest BCUT2D eigenvalue weighted by atomic mass is 16.5. The third-order valence-corrected chi connectivity index (χ3v) is 5.69. The van der Waals surface area contributed by atoms with Crippen molar-refractivity contribution in [1.82, 2.24) is 24.6 Å². The molecule has 0 fully saturated rings. The molecule has 1 aromatic carbocycles. The molecule has 4 rings (SSSR count). The van der Waals surface area contributed by atoms with E-state index in [9.17, 15) is 14.4 Å². The number of aryl methyl sites for hydroxylation is 2. The Morgan fingerprint density at radius 2 is 1.97 bits per heavy atom. The quantitative estimate of drug-likeness (QED) is 0.565. The molecule has 1 amide bonds. The number of hydrogen-bond acceptors (Lipinski definition) is 6. The molecule has 1 N–H and O–H groups in total. The van der Waals surface area contributed by atoms with E-state index in [1.54, 1.807) is 11.5 Å². The third kappa shape index (κ3) is 4.71. The highest BCUT2D eigenvalue weighted by molar-refractivity contribution is 5.75. The van der Waals surface area contributed by atoms with Gasteiger partial charge in [0.1, 0.15) is 12.1 Å². The summed E-state index contributed by atoms with van der Waals surface area (Å²) in [7, 11) is 0. The number of fused-ring (bicyclic) bond motifs is 1. The smallest absolute Gasteiger partial charge is 0.331 e. The second kappa shape index (κ2) is 9.76. The fraction of sp³-hybridized carbons (Fsp3) is 0.435. The Morgan fingerprint density at radius 3 is 2.72 bits per heavy atom. The fourth-order valence-electron chi connectivity index (χ4n) is 4.10. The van der Waals surface area contributed by atoms with E-state index < -0.39 is 11.2 Å². The zero-order chi connectivity index (χ0) is 22.5. The number of benzene rings is 1. The van der Waals surface area contributed by atoms with Crippen LogP contribution in [0.2, 0.25) is 0 Å². The van der Waals surface area contributed by atoms with E-state index in [0.717, 1.165) is 36.7 Å². The van der Waals surface area contributed by atoms with E-state index in [-0.39, 0.29) is 23.8 Å². The number of rotatable bonds is 7. The molecule has 0 saturated heterocycles. The zero-order valence-electron chi connectivity index (χ0n) is 18.2. The summed E-state index contributed by atoms with van der Waals surface area (Å²) in [6.07, 6.45) is 4.85. The summed E-state index contributed by atoms with van der Waals surface area (Å²) < 4.78 is 7.66. The summed E-state index contributed by atoms with van der Waals surface area (Å²) in [5, 5.41) is 6.72. The summed E-state index contributed by atoms with van der Waals surface area (Å²) in [5.41, 5.74) is 1.05. The Balaban J connectivity index is 1.55. The van der Waals surface area contributed by atoms with Gasteiger partial charge >= 0.3 is 5.69 Å². The van der Waals surface area contributed by atoms with Gasteiger partial charge in [0.05, 0.1) is 0 Å². The van der Waals surface area contributed by atoms with E-state index in [0.29, 0.717) is 31.1 Å². The van der Waals surface area contributed by atoms with E-state index in [1.807, 2.05) is 30.3 Å². The number of hydrogen-bond donors (Lipinski definition) is 1. The monoisotopic (exact) mass is 437 g/mol.